The lowest BCUT2D eigenvalue weighted by atomic mass is 9.98. The second kappa shape index (κ2) is 5.14. The lowest BCUT2D eigenvalue weighted by molar-refractivity contribution is 0.100. The van der Waals surface area contributed by atoms with Crippen molar-refractivity contribution in [2.75, 3.05) is 11.5 Å². The van der Waals surface area contributed by atoms with Crippen molar-refractivity contribution >= 4 is 42.6 Å². The maximum absolute atomic E-state index is 11.6. The molecule has 7 heteroatoms. The summed E-state index contributed by atoms with van der Waals surface area (Å²) in [5, 5.41) is 0.919. The molecule has 1 aliphatic rings. The molecule has 2 aromatic rings. The Morgan fingerprint density at radius 1 is 1.43 bits per heavy atom. The molecule has 1 amide bonds. The maximum atomic E-state index is 11.6. The third-order valence-electron chi connectivity index (χ3n) is 3.94. The van der Waals surface area contributed by atoms with Gasteiger partial charge in [-0.2, -0.15) is 0 Å². The quantitative estimate of drug-likeness (QED) is 0.864. The third kappa shape index (κ3) is 2.85. The van der Waals surface area contributed by atoms with Crippen LogP contribution in [0.25, 0.3) is 10.9 Å². The molecular formula is C14H15BrN2O3S. The number of H-pyrrole nitrogens is 1. The number of sulfone groups is 1. The van der Waals surface area contributed by atoms with Gasteiger partial charge in [0.1, 0.15) is 0 Å². The molecule has 0 spiro atoms. The number of nitrogens with one attached hydrogen (secondary N) is 1. The summed E-state index contributed by atoms with van der Waals surface area (Å²) >= 11 is 3.38. The van der Waals surface area contributed by atoms with E-state index in [0.717, 1.165) is 15.4 Å². The summed E-state index contributed by atoms with van der Waals surface area (Å²) in [5.41, 5.74) is 7.57. The van der Waals surface area contributed by atoms with Crippen LogP contribution in [0.3, 0.4) is 0 Å². The third-order valence-corrected chi connectivity index (χ3v) is 6.24. The van der Waals surface area contributed by atoms with Gasteiger partial charge >= 0.3 is 0 Å². The average molecular weight is 371 g/mol. The van der Waals surface area contributed by atoms with Crippen LogP contribution in [-0.4, -0.2) is 30.8 Å². The van der Waals surface area contributed by atoms with Gasteiger partial charge in [-0.05, 0) is 36.5 Å². The Hall–Kier alpha value is -1.34. The molecule has 1 aliphatic heterocycles. The first kappa shape index (κ1) is 14.6. The number of benzene rings is 1. The van der Waals surface area contributed by atoms with Gasteiger partial charge in [0.2, 0.25) is 0 Å². The summed E-state index contributed by atoms with van der Waals surface area (Å²) in [7, 11) is -2.88. The number of amides is 1. The fraction of sp³-hybridized carbons (Fsp3) is 0.357. The van der Waals surface area contributed by atoms with E-state index in [2.05, 4.69) is 20.9 Å². The Morgan fingerprint density at radius 3 is 2.81 bits per heavy atom. The molecule has 0 radical (unpaired) electrons. The molecule has 1 aromatic heterocycles. The van der Waals surface area contributed by atoms with Gasteiger partial charge in [-0.3, -0.25) is 4.79 Å². The predicted octanol–water partition coefficient (Wildman–Crippen LogP) is 2.01. The number of fused-ring (bicyclic) bond motifs is 1. The number of hydrogen-bond donors (Lipinski definition) is 2. The summed E-state index contributed by atoms with van der Waals surface area (Å²) in [6.07, 6.45) is 3.23. The lowest BCUT2D eigenvalue weighted by Crippen LogP contribution is -2.11. The minimum absolute atomic E-state index is 0.144. The summed E-state index contributed by atoms with van der Waals surface area (Å²) in [6, 6.07) is 3.61. The monoisotopic (exact) mass is 370 g/mol. The molecule has 1 saturated heterocycles. The van der Waals surface area contributed by atoms with Gasteiger partial charge in [-0.25, -0.2) is 8.42 Å². The van der Waals surface area contributed by atoms with Gasteiger partial charge in [0.05, 0.1) is 22.6 Å². The van der Waals surface area contributed by atoms with Crippen molar-refractivity contribution in [3.05, 3.63) is 33.9 Å². The molecule has 1 atom stereocenters. The molecule has 1 aromatic carbocycles. The van der Waals surface area contributed by atoms with Crippen molar-refractivity contribution in [3.8, 4) is 0 Å². The molecule has 0 aliphatic carbocycles. The number of carbonyl (C=O) groups excluding carboxylic acids is 1. The van der Waals surface area contributed by atoms with E-state index in [1.807, 2.05) is 12.3 Å². The molecular weight excluding hydrogens is 356 g/mol. The van der Waals surface area contributed by atoms with E-state index in [9.17, 15) is 13.2 Å². The molecule has 0 saturated carbocycles. The first-order valence-corrected chi connectivity index (χ1v) is 9.27. The number of nitrogens with two attached hydrogens (primary N) is 1. The van der Waals surface area contributed by atoms with E-state index in [4.69, 9.17) is 5.73 Å². The summed E-state index contributed by atoms with van der Waals surface area (Å²) < 4.78 is 23.9. The van der Waals surface area contributed by atoms with E-state index >= 15 is 0 Å². The molecule has 112 valence electrons. The normalized spacial score (nSPS) is 20.9. The van der Waals surface area contributed by atoms with Crippen LogP contribution in [0.1, 0.15) is 22.3 Å². The van der Waals surface area contributed by atoms with E-state index in [1.54, 1.807) is 6.07 Å². The second-order valence-corrected chi connectivity index (χ2v) is 8.67. The van der Waals surface area contributed by atoms with Crippen molar-refractivity contribution in [1.29, 1.82) is 0 Å². The van der Waals surface area contributed by atoms with Crippen molar-refractivity contribution in [3.63, 3.8) is 0 Å². The lowest BCUT2D eigenvalue weighted by Gasteiger charge is -2.07. The molecule has 2 heterocycles. The minimum atomic E-state index is -2.88. The van der Waals surface area contributed by atoms with Crippen LogP contribution in [-0.2, 0) is 16.3 Å². The van der Waals surface area contributed by atoms with Gasteiger partial charge in [0, 0.05) is 16.1 Å². The van der Waals surface area contributed by atoms with E-state index < -0.39 is 15.7 Å². The zero-order valence-corrected chi connectivity index (χ0v) is 13.6. The zero-order valence-electron chi connectivity index (χ0n) is 11.2. The van der Waals surface area contributed by atoms with Crippen LogP contribution in [0, 0.1) is 5.92 Å². The average Bonchev–Trinajstić information content (AvgIpc) is 2.93. The SMILES string of the molecule is NC(=O)c1cc(Br)cc2c(CC3CCS(=O)(=O)C3)c[nH]c12. The first-order valence-electron chi connectivity index (χ1n) is 6.65. The summed E-state index contributed by atoms with van der Waals surface area (Å²) in [5.74, 6) is 0.176. The topological polar surface area (TPSA) is 93.0 Å². The molecule has 0 bridgehead atoms. The number of aromatic amines is 1. The Labute approximate surface area is 131 Å². The highest BCUT2D eigenvalue weighted by Gasteiger charge is 2.28. The molecule has 1 fully saturated rings. The van der Waals surface area contributed by atoms with Crippen LogP contribution >= 0.6 is 15.9 Å². The van der Waals surface area contributed by atoms with Gasteiger partial charge in [0.25, 0.3) is 5.91 Å². The van der Waals surface area contributed by atoms with Crippen molar-refractivity contribution in [2.45, 2.75) is 12.8 Å². The van der Waals surface area contributed by atoms with Crippen LogP contribution in [0.15, 0.2) is 22.8 Å². The Balaban J connectivity index is 1.99. The fourth-order valence-corrected chi connectivity index (χ4v) is 5.28. The van der Waals surface area contributed by atoms with E-state index in [1.165, 1.54) is 0 Å². The fourth-order valence-electron chi connectivity index (χ4n) is 2.96. The number of rotatable bonds is 3. The van der Waals surface area contributed by atoms with Crippen molar-refractivity contribution in [2.24, 2.45) is 11.7 Å². The van der Waals surface area contributed by atoms with Gasteiger partial charge in [0.15, 0.2) is 9.84 Å². The van der Waals surface area contributed by atoms with E-state index in [-0.39, 0.29) is 17.4 Å². The van der Waals surface area contributed by atoms with Crippen molar-refractivity contribution in [1.82, 2.24) is 4.98 Å². The minimum Gasteiger partial charge on any atom is -0.366 e. The maximum Gasteiger partial charge on any atom is 0.250 e. The van der Waals surface area contributed by atoms with Crippen molar-refractivity contribution < 1.29 is 13.2 Å². The largest absolute Gasteiger partial charge is 0.366 e. The summed E-state index contributed by atoms with van der Waals surface area (Å²) in [4.78, 5) is 14.6. The van der Waals surface area contributed by atoms with Gasteiger partial charge in [-0.1, -0.05) is 15.9 Å². The highest BCUT2D eigenvalue weighted by atomic mass is 79.9. The Kier molecular flexibility index (Phi) is 3.57. The standard InChI is InChI=1S/C14H15BrN2O3S/c15-10-4-11-9(3-8-1-2-21(19,20)7-8)6-17-13(11)12(5-10)14(16)18/h4-6,8,17H,1-3,7H2,(H2,16,18). The van der Waals surface area contributed by atoms with Gasteiger partial charge in [-0.15, -0.1) is 0 Å². The number of carbonyl (C=O) groups is 1. The Morgan fingerprint density at radius 2 is 2.19 bits per heavy atom. The highest BCUT2D eigenvalue weighted by molar-refractivity contribution is 9.10. The van der Waals surface area contributed by atoms with Crippen LogP contribution in [0.2, 0.25) is 0 Å². The van der Waals surface area contributed by atoms with Gasteiger partial charge < -0.3 is 10.7 Å². The van der Waals surface area contributed by atoms with Crippen LogP contribution in [0.4, 0.5) is 0 Å². The summed E-state index contributed by atoms with van der Waals surface area (Å²) in [6.45, 7) is 0. The molecule has 3 N–H and O–H groups in total. The van der Waals surface area contributed by atoms with E-state index in [0.29, 0.717) is 23.9 Å². The number of hydrogen-bond acceptors (Lipinski definition) is 3. The predicted molar refractivity (Wildman–Crippen MR) is 85.0 cm³/mol. The Bertz CT molecular complexity index is 826. The smallest absolute Gasteiger partial charge is 0.250 e. The second-order valence-electron chi connectivity index (χ2n) is 5.53. The highest BCUT2D eigenvalue weighted by Crippen LogP contribution is 2.30. The number of primary amides is 1. The molecule has 1 unspecified atom stereocenters. The first-order chi connectivity index (χ1) is 9.85. The van der Waals surface area contributed by atoms with Crippen LogP contribution < -0.4 is 5.73 Å². The molecule has 5 nitrogen and oxygen atoms in total. The zero-order chi connectivity index (χ0) is 15.2. The number of halogens is 1. The number of aromatic nitrogens is 1. The molecule has 21 heavy (non-hydrogen) atoms. The van der Waals surface area contributed by atoms with Crippen LogP contribution in [0.5, 0.6) is 0 Å². The molecule has 3 rings (SSSR count).